The molecule has 0 aliphatic heterocycles. The van der Waals surface area contributed by atoms with Gasteiger partial charge in [0.05, 0.1) is 22.2 Å². The third kappa shape index (κ3) is 5.68. The zero-order chi connectivity index (χ0) is 15.8. The van der Waals surface area contributed by atoms with Crippen LogP contribution in [0.5, 0.6) is 0 Å². The fourth-order valence-corrected chi connectivity index (χ4v) is 2.63. The quantitative estimate of drug-likeness (QED) is 0.741. The number of hydrogen-bond acceptors (Lipinski definition) is 3. The Morgan fingerprint density at radius 2 is 2.19 bits per heavy atom. The van der Waals surface area contributed by atoms with Crippen LogP contribution in [0.4, 0.5) is 19.3 Å². The minimum Gasteiger partial charge on any atom is -0.395 e. The summed E-state index contributed by atoms with van der Waals surface area (Å²) in [6.45, 7) is 2.37. The third-order valence-electron chi connectivity index (χ3n) is 2.57. The molecule has 0 fully saturated rings. The fourth-order valence-electron chi connectivity index (χ4n) is 1.72. The van der Waals surface area contributed by atoms with E-state index in [1.54, 1.807) is 6.07 Å². The molecule has 0 aliphatic carbocycles. The molecule has 0 heterocycles. The molecular formula is C13H17ClF2N2O2S. The minimum absolute atomic E-state index is 0.128. The molecule has 118 valence electrons. The normalized spacial score (nSPS) is 10.8. The zero-order valence-corrected chi connectivity index (χ0v) is 13.1. The van der Waals surface area contributed by atoms with Crippen molar-refractivity contribution in [2.45, 2.75) is 24.0 Å². The lowest BCUT2D eigenvalue weighted by atomic mass is 10.3. The first-order chi connectivity index (χ1) is 9.99. The number of nitrogens with zero attached hydrogens (tertiary/aromatic N) is 1. The van der Waals surface area contributed by atoms with E-state index in [1.807, 2.05) is 6.92 Å². The summed E-state index contributed by atoms with van der Waals surface area (Å²) in [7, 11) is 0. The van der Waals surface area contributed by atoms with Crippen molar-refractivity contribution in [2.75, 3.05) is 25.0 Å². The number of alkyl halides is 2. The van der Waals surface area contributed by atoms with Crippen molar-refractivity contribution in [1.82, 2.24) is 4.90 Å². The molecule has 0 bridgehead atoms. The van der Waals surface area contributed by atoms with Crippen molar-refractivity contribution in [1.29, 1.82) is 0 Å². The summed E-state index contributed by atoms with van der Waals surface area (Å²) in [5.74, 6) is -2.63. The molecule has 1 rings (SSSR count). The maximum Gasteiger partial charge on any atom is 0.321 e. The van der Waals surface area contributed by atoms with Gasteiger partial charge in [-0.25, -0.2) is 4.79 Å². The van der Waals surface area contributed by atoms with E-state index >= 15 is 0 Å². The van der Waals surface area contributed by atoms with Crippen molar-refractivity contribution >= 4 is 35.1 Å². The van der Waals surface area contributed by atoms with Crippen LogP contribution >= 0.6 is 23.4 Å². The van der Waals surface area contributed by atoms with E-state index in [-0.39, 0.29) is 40.5 Å². The number of rotatable bonds is 7. The third-order valence-corrected chi connectivity index (χ3v) is 3.85. The lowest BCUT2D eigenvalue weighted by Crippen LogP contribution is -2.37. The Morgan fingerprint density at radius 1 is 1.48 bits per heavy atom. The molecule has 21 heavy (non-hydrogen) atoms. The van der Waals surface area contributed by atoms with Crippen LogP contribution in [0, 0.1) is 0 Å². The van der Waals surface area contributed by atoms with E-state index in [1.165, 1.54) is 17.0 Å². The summed E-state index contributed by atoms with van der Waals surface area (Å²) in [4.78, 5) is 13.6. The van der Waals surface area contributed by atoms with E-state index in [9.17, 15) is 13.6 Å². The van der Waals surface area contributed by atoms with Crippen LogP contribution in [0.2, 0.25) is 5.02 Å². The Balaban J connectivity index is 2.90. The van der Waals surface area contributed by atoms with Gasteiger partial charge in [-0.2, -0.15) is 8.78 Å². The maximum atomic E-state index is 12.6. The molecule has 0 saturated carbocycles. The molecule has 0 spiro atoms. The Bertz CT molecular complexity index is 471. The summed E-state index contributed by atoms with van der Waals surface area (Å²) in [5, 5.41) is 11.7. The van der Waals surface area contributed by atoms with Gasteiger partial charge >= 0.3 is 6.03 Å². The second-order valence-electron chi connectivity index (χ2n) is 4.14. The Kier molecular flexibility index (Phi) is 7.77. The monoisotopic (exact) mass is 338 g/mol. The zero-order valence-electron chi connectivity index (χ0n) is 11.5. The van der Waals surface area contributed by atoms with Crippen molar-refractivity contribution < 1.29 is 18.7 Å². The van der Waals surface area contributed by atoms with Crippen LogP contribution in [0.1, 0.15) is 13.3 Å². The van der Waals surface area contributed by atoms with Gasteiger partial charge in [-0.1, -0.05) is 36.4 Å². The molecule has 1 aromatic rings. The van der Waals surface area contributed by atoms with Gasteiger partial charge in [0.15, 0.2) is 0 Å². The summed E-state index contributed by atoms with van der Waals surface area (Å²) in [6.07, 6.45) is 0.724. The first kappa shape index (κ1) is 18.0. The van der Waals surface area contributed by atoms with Gasteiger partial charge in [-0.15, -0.1) is 0 Å². The van der Waals surface area contributed by atoms with E-state index < -0.39 is 11.8 Å². The number of halogens is 3. The smallest absolute Gasteiger partial charge is 0.321 e. The number of urea groups is 1. The molecule has 0 radical (unpaired) electrons. The predicted octanol–water partition coefficient (Wildman–Crippen LogP) is 3.89. The molecule has 4 nitrogen and oxygen atoms in total. The van der Waals surface area contributed by atoms with Crippen LogP contribution in [0.3, 0.4) is 0 Å². The van der Waals surface area contributed by atoms with Crippen LogP contribution in [0.15, 0.2) is 23.1 Å². The summed E-state index contributed by atoms with van der Waals surface area (Å²) in [6, 6.07) is 4.12. The van der Waals surface area contributed by atoms with E-state index in [0.717, 1.165) is 6.42 Å². The summed E-state index contributed by atoms with van der Waals surface area (Å²) >= 11 is 6.18. The molecule has 0 saturated heterocycles. The second-order valence-corrected chi connectivity index (χ2v) is 5.54. The van der Waals surface area contributed by atoms with Gasteiger partial charge in [0.1, 0.15) is 0 Å². The van der Waals surface area contributed by atoms with Crippen LogP contribution in [0.25, 0.3) is 0 Å². The maximum absolute atomic E-state index is 12.6. The van der Waals surface area contributed by atoms with Gasteiger partial charge in [-0.3, -0.25) is 0 Å². The topological polar surface area (TPSA) is 52.6 Å². The first-order valence-corrected chi connectivity index (χ1v) is 7.65. The highest BCUT2D eigenvalue weighted by molar-refractivity contribution is 7.99. The number of aliphatic hydroxyl groups excluding tert-OH is 1. The van der Waals surface area contributed by atoms with Crippen LogP contribution in [-0.4, -0.2) is 41.5 Å². The highest BCUT2D eigenvalue weighted by atomic mass is 35.5. The molecule has 0 unspecified atom stereocenters. The van der Waals surface area contributed by atoms with Crippen molar-refractivity contribution in [3.8, 4) is 0 Å². The molecule has 2 N–H and O–H groups in total. The molecule has 0 aliphatic rings. The second kappa shape index (κ2) is 9.07. The number of amides is 2. The molecule has 0 atom stereocenters. The van der Waals surface area contributed by atoms with Gasteiger partial charge in [0.25, 0.3) is 5.76 Å². The molecule has 2 amide bonds. The number of hydrogen-bond donors (Lipinski definition) is 2. The predicted molar refractivity (Wildman–Crippen MR) is 81.3 cm³/mol. The number of carbonyl (C=O) groups is 1. The van der Waals surface area contributed by atoms with Crippen LogP contribution in [-0.2, 0) is 0 Å². The number of aliphatic hydroxyl groups is 1. The minimum atomic E-state index is -2.63. The Hall–Kier alpha value is -1.05. The fraction of sp³-hybridized carbons (Fsp3) is 0.462. The average Bonchev–Trinajstić information content (AvgIpc) is 2.42. The largest absolute Gasteiger partial charge is 0.395 e. The van der Waals surface area contributed by atoms with Crippen molar-refractivity contribution in [2.24, 2.45) is 0 Å². The lowest BCUT2D eigenvalue weighted by Gasteiger charge is -2.22. The van der Waals surface area contributed by atoms with Gasteiger partial charge in [-0.05, 0) is 18.6 Å². The van der Waals surface area contributed by atoms with Crippen molar-refractivity contribution in [3.63, 3.8) is 0 Å². The van der Waals surface area contributed by atoms with E-state index in [4.69, 9.17) is 16.7 Å². The standard InChI is InChI=1S/C13H17ClF2N2O2S/c1-2-6-18(7-8-19)13(20)17-10-5-3-4-9(14)11(10)21-12(15)16/h3-5,12,19H,2,6-8H2,1H3,(H,17,20). The highest BCUT2D eigenvalue weighted by Crippen LogP contribution is 2.37. The Morgan fingerprint density at radius 3 is 2.76 bits per heavy atom. The molecule has 8 heteroatoms. The summed E-state index contributed by atoms with van der Waals surface area (Å²) < 4.78 is 25.1. The molecule has 0 aromatic heterocycles. The van der Waals surface area contributed by atoms with E-state index in [0.29, 0.717) is 6.54 Å². The number of carbonyl (C=O) groups excluding carboxylic acids is 1. The van der Waals surface area contributed by atoms with Crippen molar-refractivity contribution in [3.05, 3.63) is 23.2 Å². The average molecular weight is 339 g/mol. The number of thioether (sulfide) groups is 1. The Labute approximate surface area is 131 Å². The lowest BCUT2D eigenvalue weighted by molar-refractivity contribution is 0.188. The van der Waals surface area contributed by atoms with Gasteiger partial charge in [0.2, 0.25) is 0 Å². The highest BCUT2D eigenvalue weighted by Gasteiger charge is 2.18. The van der Waals surface area contributed by atoms with Gasteiger partial charge in [0, 0.05) is 13.1 Å². The number of anilines is 1. The SMILES string of the molecule is CCCN(CCO)C(=O)Nc1cccc(Cl)c1SC(F)F. The molecule has 1 aromatic carbocycles. The molecular weight excluding hydrogens is 322 g/mol. The number of benzene rings is 1. The first-order valence-electron chi connectivity index (χ1n) is 6.39. The van der Waals surface area contributed by atoms with Crippen LogP contribution < -0.4 is 5.32 Å². The van der Waals surface area contributed by atoms with E-state index in [2.05, 4.69) is 5.32 Å². The summed E-state index contributed by atoms with van der Waals surface area (Å²) in [5.41, 5.74) is 0.233. The number of nitrogens with one attached hydrogen (secondary N) is 1. The van der Waals surface area contributed by atoms with Gasteiger partial charge < -0.3 is 15.3 Å².